The maximum Gasteiger partial charge on any atom is 0.351 e. The molecule has 57 nitrogen and oxygen atoms in total. The van der Waals surface area contributed by atoms with E-state index in [1.54, 1.807) is 20.8 Å². The molecule has 0 saturated carbocycles. The van der Waals surface area contributed by atoms with Crippen LogP contribution in [0.15, 0.2) is 97.8 Å². The fourth-order valence-electron chi connectivity index (χ4n) is 16.2. The van der Waals surface area contributed by atoms with Crippen LogP contribution in [0.4, 0.5) is 17.5 Å². The van der Waals surface area contributed by atoms with Crippen LogP contribution < -0.4 is 73.6 Å². The lowest BCUT2D eigenvalue weighted by Gasteiger charge is -2.29. The first-order chi connectivity index (χ1) is 66.5. The SMILES string of the molecule is COP(O)(=S)OC1C[C@H](n2cc(C)c(N)nc2=O)O[C@@H]1COP(O)(=S)OC1C[C@H](n2cc(C)c(=O)[nH]c2=O)O[C@@H]1COP(O)(=S)OC1C[C@H](n2cnc3c(N)ncnc32)O[C@@H]1COP(O)(=S)OC1C[C@H](n2cc(C)c(=O)[nH]c2=O)O[C@@H]1COP(O)(=S)OC1C[C@H](n2cc(C)c(=O)[nH]c2=O)O[C@@H]1COP(O)(=S)OC1C[C@H](n2cc(C)c(=O)[nH]c2=O)O[C@@H]1COP(O)(=S)OC1C[C@H](n2cc(C)c(N)nc2=O)O[C@@H]1C. The number of fused-ring (bicyclic) bond motifs is 1. The summed E-state index contributed by atoms with van der Waals surface area (Å²) in [5.41, 5.74) is 11.0. The highest BCUT2D eigenvalue weighted by atomic mass is 32.5. The number of hydrogen-bond donors (Lipinski definition) is 14. The van der Waals surface area contributed by atoms with E-state index in [9.17, 15) is 82.2 Å². The molecule has 0 aliphatic carbocycles. The maximum atomic E-state index is 13.6. The van der Waals surface area contributed by atoms with Gasteiger partial charge in [-0.05, 0) is 131 Å². The van der Waals surface area contributed by atoms with E-state index in [-0.39, 0.29) is 83.0 Å². The van der Waals surface area contributed by atoms with Gasteiger partial charge in [-0.3, -0.25) is 71.1 Å². The predicted molar refractivity (Wildman–Crippen MR) is 517 cm³/mol. The van der Waals surface area contributed by atoms with Crippen molar-refractivity contribution in [1.29, 1.82) is 0 Å². The first-order valence-electron chi connectivity index (χ1n) is 42.6. The number of aryl methyl sites for hydroxylation is 6. The lowest BCUT2D eigenvalue weighted by atomic mass is 10.2. The number of ether oxygens (including phenoxy) is 7. The van der Waals surface area contributed by atoms with Crippen molar-refractivity contribution in [3.05, 3.63) is 188 Å². The van der Waals surface area contributed by atoms with E-state index >= 15 is 0 Å². The zero-order chi connectivity index (χ0) is 103. The molecule has 8 aromatic rings. The minimum atomic E-state index is -4.78. The van der Waals surface area contributed by atoms with Crippen molar-refractivity contribution in [2.75, 3.05) is 64.0 Å². The second-order valence-corrected chi connectivity index (χ2v) is 53.1. The molecule has 7 aliphatic heterocycles. The molecule has 0 aromatic carbocycles. The average Bonchev–Trinajstić information content (AvgIpc) is 1.62. The Labute approximate surface area is 834 Å². The summed E-state index contributed by atoms with van der Waals surface area (Å²) in [7, 11) is 1.11. The fraction of sp³-hybridized carbons (Fsp3) is 0.592. The molecular formula is C71H96N19O38P7S7. The molecule has 71 heteroatoms. The molecule has 14 unspecified atom stereocenters. The van der Waals surface area contributed by atoms with Crippen LogP contribution in [0.5, 0.6) is 0 Å². The number of aromatic nitrogens is 16. The molecule has 8 aromatic heterocycles. The van der Waals surface area contributed by atoms with Gasteiger partial charge in [-0.25, -0.2) is 43.7 Å². The summed E-state index contributed by atoms with van der Waals surface area (Å²) in [5, 5.41) is 0. The number of H-pyrrole nitrogens is 4. The van der Waals surface area contributed by atoms with Crippen molar-refractivity contribution in [1.82, 2.24) is 76.8 Å². The van der Waals surface area contributed by atoms with E-state index in [4.69, 9.17) is 196 Å². The van der Waals surface area contributed by atoms with Crippen LogP contribution in [0, 0.1) is 41.5 Å². The van der Waals surface area contributed by atoms with Crippen LogP contribution in [0.2, 0.25) is 0 Å². The van der Waals surface area contributed by atoms with Gasteiger partial charge >= 0.3 is 81.2 Å². The van der Waals surface area contributed by atoms with Gasteiger partial charge in [-0.1, -0.05) is 0 Å². The smallest absolute Gasteiger partial charge is 0.351 e. The summed E-state index contributed by atoms with van der Waals surface area (Å²) in [6.45, 7) is -25.9. The van der Waals surface area contributed by atoms with E-state index in [1.807, 2.05) is 0 Å². The molecule has 7 fully saturated rings. The van der Waals surface area contributed by atoms with Gasteiger partial charge in [0, 0.05) is 123 Å². The Morgan fingerprint density at radius 3 is 0.859 bits per heavy atom. The van der Waals surface area contributed by atoms with Crippen LogP contribution >= 0.6 is 47.0 Å². The summed E-state index contributed by atoms with van der Waals surface area (Å²) in [5.74, 6) is -0.0640. The average molecular weight is 2260 g/mol. The van der Waals surface area contributed by atoms with Gasteiger partial charge in [-0.2, -0.15) is 9.97 Å². The lowest BCUT2D eigenvalue weighted by Crippen LogP contribution is -2.33. The topological polar surface area (TPSA) is 746 Å². The zero-order valence-electron chi connectivity index (χ0n) is 75.3. The van der Waals surface area contributed by atoms with Crippen LogP contribution in [-0.4, -0.2) is 243 Å². The molecule has 0 amide bonds. The summed E-state index contributed by atoms with van der Waals surface area (Å²) in [6, 6.07) is 0. The normalized spacial score (nSPS) is 29.9. The van der Waals surface area contributed by atoms with Gasteiger partial charge in [0.2, 0.25) is 0 Å². The number of anilines is 3. The van der Waals surface area contributed by atoms with Crippen LogP contribution in [0.1, 0.15) is 129 Å². The molecule has 15 heterocycles. The van der Waals surface area contributed by atoms with E-state index in [1.165, 1.54) is 67.9 Å². The van der Waals surface area contributed by atoms with E-state index < -0.39 is 285 Å². The Morgan fingerprint density at radius 1 is 0.338 bits per heavy atom. The van der Waals surface area contributed by atoms with Crippen molar-refractivity contribution in [3.63, 3.8) is 0 Å². The molecule has 0 radical (unpaired) electrons. The maximum absolute atomic E-state index is 13.6. The van der Waals surface area contributed by atoms with Gasteiger partial charge in [0.25, 0.3) is 22.2 Å². The molecule has 15 rings (SSSR count). The zero-order valence-corrected chi connectivity index (χ0v) is 87.3. The third-order valence-electron chi connectivity index (χ3n) is 23.4. The largest absolute Gasteiger partial charge is 0.383 e. The third kappa shape index (κ3) is 26.5. The third-order valence-corrected chi connectivity index (χ3v) is 34.7. The quantitative estimate of drug-likeness (QED) is 0.0227. The minimum absolute atomic E-state index is 0.0108. The van der Waals surface area contributed by atoms with Crippen molar-refractivity contribution < 1.29 is 131 Å². The Morgan fingerprint density at radius 2 is 0.577 bits per heavy atom. The molecule has 7 aliphatic rings. The summed E-state index contributed by atoms with van der Waals surface area (Å²) < 4.78 is 135. The summed E-state index contributed by atoms with van der Waals surface area (Å²) >= 11 is 38.7. The van der Waals surface area contributed by atoms with Gasteiger partial charge in [0.1, 0.15) is 104 Å². The number of hydrogen-bond acceptors (Lipinski definition) is 46. The highest BCUT2D eigenvalue weighted by Gasteiger charge is 2.52. The Balaban J connectivity index is 0.635. The fourth-order valence-corrected chi connectivity index (χ4v) is 26.0. The number of nitrogens with two attached hydrogens (primary N) is 3. The molecule has 780 valence electrons. The van der Waals surface area contributed by atoms with Gasteiger partial charge in [-0.15, -0.1) is 0 Å². The van der Waals surface area contributed by atoms with Gasteiger partial charge < -0.3 is 148 Å². The second kappa shape index (κ2) is 44.2. The van der Waals surface area contributed by atoms with Crippen molar-refractivity contribution in [3.8, 4) is 0 Å². The van der Waals surface area contributed by atoms with E-state index in [0.29, 0.717) is 11.1 Å². The summed E-state index contributed by atoms with van der Waals surface area (Å²) in [6.07, 6.45) is -19.5. The van der Waals surface area contributed by atoms with Crippen molar-refractivity contribution in [2.45, 2.75) is 222 Å². The molecule has 28 atom stereocenters. The van der Waals surface area contributed by atoms with Crippen LogP contribution in [0.3, 0.4) is 0 Å². The Hall–Kier alpha value is -6.14. The van der Waals surface area contributed by atoms with Gasteiger partial charge in [0.15, 0.2) is 11.5 Å². The van der Waals surface area contributed by atoms with Gasteiger partial charge in [0.05, 0.1) is 94.8 Å². The van der Waals surface area contributed by atoms with Crippen molar-refractivity contribution in [2.24, 2.45) is 0 Å². The second-order valence-electron chi connectivity index (χ2n) is 33.5. The van der Waals surface area contributed by atoms with Crippen LogP contribution in [-0.2, 0) is 179 Å². The van der Waals surface area contributed by atoms with E-state index in [2.05, 4.69) is 44.9 Å². The van der Waals surface area contributed by atoms with Crippen LogP contribution in [0.25, 0.3) is 11.2 Å². The highest BCUT2D eigenvalue weighted by molar-refractivity contribution is 8.09. The first-order valence-corrected chi connectivity index (χ1v) is 60.7. The molecule has 7 saturated heterocycles. The predicted octanol–water partition coefficient (Wildman–Crippen LogP) is 0.130. The number of aromatic amines is 4. The molecule has 17 N–H and O–H groups in total. The first kappa shape index (κ1) is 110. The number of nitrogen functional groups attached to an aromatic ring is 3. The number of nitrogens with one attached hydrogen (secondary N) is 4. The highest BCUT2D eigenvalue weighted by Crippen LogP contribution is 2.59. The van der Waals surface area contributed by atoms with Crippen molar-refractivity contribution >= 4 is 158 Å². The lowest BCUT2D eigenvalue weighted by molar-refractivity contribution is -0.0577. The Kier molecular flexibility index (Phi) is 34.2. The molecule has 0 spiro atoms. The summed E-state index contributed by atoms with van der Waals surface area (Å²) in [4.78, 5) is 242. The van der Waals surface area contributed by atoms with E-state index in [0.717, 1.165) is 48.7 Å². The molecular weight excluding hydrogens is 2170 g/mol. The minimum Gasteiger partial charge on any atom is -0.383 e. The standard InChI is InChI=1S/C71H96N19O38P7S7/c1-30-16-84(66(95)78-58(30)72)50-9-37(36(7)115-50)122-130(102,137)109-23-45-39(11-52(117-45)86-18-32(3)62(91)80-68(86)97)124-132(104,139)111-24-46-41(13-54(118-46)88-20-34(5)64(93)82-70(88)99)126-133(105,140)112-25-47-42(14-55(119-47)89-21-35(6)65(94)83-71(89)100)127-134(106,141)114-27-49-43(15-56(121-49)90-29-77-57-60(74)75-28-76-61(57)90)128-135(107,142)113-26-48-40(12-53(120-48)87-19-33(4)63(92)81-69(87)98)125-131(103,138)110-22-44-38(123-129(101,136)108-8)10-51(116-44)85-17-31(2)59(73)79-67(85)96/h16-21,28-29,36-56H,9-15,22-27H2,1-8H3,(H,101,136)(H,102,137)(H,103,138)(H,104,139)(H,105,140)(H,106,141)(H,107,142)(H2,72,78,95)(H2,73,79,96)(H2,74,75,76)(H,80,91,97)(H,81,92,98)(H,82,93,99)(H,83,94,100)/t36-,37?,38?,39?,40?,41?,42?,43?,44-,45-,46-,47-,48-,49-,50-,51-,52-,53-,54-,55-,56-,129?,130?,131?,132?,133?,134?,135?/m1/s1. The number of nitrogens with zero attached hydrogens (tertiary/aromatic N) is 12. The molecule has 142 heavy (non-hydrogen) atoms. The number of imidazole rings is 1. The Bertz CT molecular complexity index is 7160. The number of rotatable bonds is 40. The molecule has 0 bridgehead atoms. The monoisotopic (exact) mass is 2260 g/mol.